The molecule has 0 spiro atoms. The maximum atomic E-state index is 11.9. The molecule has 0 saturated carbocycles. The van der Waals surface area contributed by atoms with Gasteiger partial charge in [0.15, 0.2) is 0 Å². The van der Waals surface area contributed by atoms with Crippen molar-refractivity contribution in [1.82, 2.24) is 0 Å². The molecule has 1 unspecified atom stereocenters. The lowest BCUT2D eigenvalue weighted by Gasteiger charge is -2.13. The van der Waals surface area contributed by atoms with E-state index in [1.54, 1.807) is 6.92 Å². The number of ether oxygens (including phenoxy) is 8. The Hall–Kier alpha value is -2.28. The molecule has 12 nitrogen and oxygen atoms in total. The summed E-state index contributed by atoms with van der Waals surface area (Å²) in [5, 5.41) is 0. The van der Waals surface area contributed by atoms with Crippen LogP contribution in [-0.2, 0) is 57.1 Å². The monoisotopic (exact) mass is 534 g/mol. The Morgan fingerprint density at radius 3 is 1.24 bits per heavy atom. The molecule has 37 heavy (non-hydrogen) atoms. The van der Waals surface area contributed by atoms with Crippen molar-refractivity contribution in [1.29, 1.82) is 0 Å². The van der Waals surface area contributed by atoms with Gasteiger partial charge in [-0.1, -0.05) is 0 Å². The van der Waals surface area contributed by atoms with Crippen molar-refractivity contribution >= 4 is 23.9 Å². The molecular weight excluding hydrogens is 492 g/mol. The molecule has 0 radical (unpaired) electrons. The van der Waals surface area contributed by atoms with E-state index in [0.717, 1.165) is 0 Å². The number of carbonyl (C=O) groups excluding carboxylic acids is 4. The molecule has 12 heteroatoms. The van der Waals surface area contributed by atoms with E-state index in [9.17, 15) is 19.2 Å². The summed E-state index contributed by atoms with van der Waals surface area (Å²) in [6.45, 7) is 4.78. The minimum absolute atomic E-state index is 0.0905. The minimum atomic E-state index is -0.380. The van der Waals surface area contributed by atoms with Crippen LogP contribution in [0.1, 0.15) is 58.3 Å². The standard InChI is InChI=1S/C25H42O12/c1-21-5-16-31-12-4-15-36-23(27)7-18-32-17-6-22(26)34-13-2-10-30-11-3-14-35-24(28)8-19-33-20-9-25(29)37-21/h21H,2-20H2,1H3. The molecule has 1 heterocycles. The summed E-state index contributed by atoms with van der Waals surface area (Å²) in [7, 11) is 0. The van der Waals surface area contributed by atoms with Crippen LogP contribution < -0.4 is 0 Å². The predicted molar refractivity (Wildman–Crippen MR) is 129 cm³/mol. The van der Waals surface area contributed by atoms with Gasteiger partial charge in [-0.3, -0.25) is 19.2 Å². The first-order chi connectivity index (χ1) is 18.0. The van der Waals surface area contributed by atoms with Gasteiger partial charge < -0.3 is 37.9 Å². The van der Waals surface area contributed by atoms with Crippen LogP contribution in [0, 0.1) is 0 Å². The highest BCUT2D eigenvalue weighted by Crippen LogP contribution is 2.02. The topological polar surface area (TPSA) is 142 Å². The van der Waals surface area contributed by atoms with Crippen LogP contribution in [0.4, 0.5) is 0 Å². The molecule has 0 aromatic carbocycles. The summed E-state index contributed by atoms with van der Waals surface area (Å²) >= 11 is 0. The number of hydrogen-bond donors (Lipinski definition) is 0. The first-order valence-electron chi connectivity index (χ1n) is 12.9. The summed E-state index contributed by atoms with van der Waals surface area (Å²) in [5.74, 6) is -1.51. The zero-order chi connectivity index (χ0) is 27.0. The van der Waals surface area contributed by atoms with Gasteiger partial charge in [0.05, 0.1) is 78.5 Å². The van der Waals surface area contributed by atoms with Crippen molar-refractivity contribution in [2.45, 2.75) is 64.4 Å². The molecule has 214 valence electrons. The van der Waals surface area contributed by atoms with Crippen LogP contribution in [0.2, 0.25) is 0 Å². The molecule has 1 atom stereocenters. The molecule has 0 aliphatic carbocycles. The van der Waals surface area contributed by atoms with Gasteiger partial charge in [-0.25, -0.2) is 0 Å². The van der Waals surface area contributed by atoms with Gasteiger partial charge in [0.2, 0.25) is 0 Å². The third-order valence-corrected chi connectivity index (χ3v) is 4.89. The third kappa shape index (κ3) is 21.5. The normalized spacial score (nSPS) is 23.8. The van der Waals surface area contributed by atoms with E-state index in [1.165, 1.54) is 0 Å². The van der Waals surface area contributed by atoms with E-state index < -0.39 is 0 Å². The number of rotatable bonds is 0. The highest BCUT2D eigenvalue weighted by Gasteiger charge is 2.11. The van der Waals surface area contributed by atoms with Gasteiger partial charge >= 0.3 is 23.9 Å². The third-order valence-electron chi connectivity index (χ3n) is 4.89. The SMILES string of the molecule is CC1CCOCCCOC(=O)CCOCCC(=O)OCCCOCCCOC(=O)CCOCCC(=O)O1. The van der Waals surface area contributed by atoms with Gasteiger partial charge in [0.25, 0.3) is 0 Å². The second-order valence-corrected chi connectivity index (χ2v) is 8.26. The Balaban J connectivity index is 2.28. The van der Waals surface area contributed by atoms with Gasteiger partial charge in [-0.15, -0.1) is 0 Å². The van der Waals surface area contributed by atoms with Crippen molar-refractivity contribution < 1.29 is 57.1 Å². The quantitative estimate of drug-likeness (QED) is 0.330. The number of esters is 4. The molecular formula is C25H42O12. The second-order valence-electron chi connectivity index (χ2n) is 8.26. The number of cyclic esters (lactones) is 4. The molecule has 1 fully saturated rings. The lowest BCUT2D eigenvalue weighted by molar-refractivity contribution is -0.150. The Labute approximate surface area is 218 Å². The van der Waals surface area contributed by atoms with Gasteiger partial charge in [0.1, 0.15) is 6.10 Å². The van der Waals surface area contributed by atoms with Crippen LogP contribution >= 0.6 is 0 Å². The highest BCUT2D eigenvalue weighted by molar-refractivity contribution is 5.70. The molecule has 0 aromatic heterocycles. The van der Waals surface area contributed by atoms with Crippen LogP contribution in [0.15, 0.2) is 0 Å². The molecule has 1 aliphatic heterocycles. The van der Waals surface area contributed by atoms with Crippen molar-refractivity contribution in [2.24, 2.45) is 0 Å². The summed E-state index contributed by atoms with van der Waals surface area (Å²) in [6.07, 6.45) is 2.25. The number of carbonyl (C=O) groups is 4. The summed E-state index contributed by atoms with van der Waals surface area (Å²) in [4.78, 5) is 46.9. The first-order valence-corrected chi connectivity index (χ1v) is 12.9. The van der Waals surface area contributed by atoms with Crippen LogP contribution in [0.5, 0.6) is 0 Å². The van der Waals surface area contributed by atoms with E-state index in [0.29, 0.717) is 52.1 Å². The second kappa shape index (κ2) is 22.9. The van der Waals surface area contributed by atoms with Crippen molar-refractivity contribution in [3.8, 4) is 0 Å². The Kier molecular flexibility index (Phi) is 20.3. The fraction of sp³-hybridized carbons (Fsp3) is 0.840. The van der Waals surface area contributed by atoms with E-state index >= 15 is 0 Å². The summed E-state index contributed by atoms with van der Waals surface area (Å²) in [5.41, 5.74) is 0. The van der Waals surface area contributed by atoms with Crippen molar-refractivity contribution in [2.75, 3.05) is 72.7 Å². The molecule has 0 amide bonds. The average molecular weight is 535 g/mol. The molecule has 0 bridgehead atoms. The van der Waals surface area contributed by atoms with Crippen molar-refractivity contribution in [3.63, 3.8) is 0 Å². The van der Waals surface area contributed by atoms with Gasteiger partial charge in [0, 0.05) is 45.5 Å². The summed E-state index contributed by atoms with van der Waals surface area (Å²) < 4.78 is 42.1. The van der Waals surface area contributed by atoms with Crippen molar-refractivity contribution in [3.05, 3.63) is 0 Å². The van der Waals surface area contributed by atoms with Crippen LogP contribution in [0.3, 0.4) is 0 Å². The fourth-order valence-electron chi connectivity index (χ4n) is 2.88. The largest absolute Gasteiger partial charge is 0.466 e. The Bertz CT molecular complexity index is 637. The van der Waals surface area contributed by atoms with Gasteiger partial charge in [-0.05, 0) is 6.92 Å². The molecule has 1 rings (SSSR count). The zero-order valence-corrected chi connectivity index (χ0v) is 21.9. The van der Waals surface area contributed by atoms with E-state index in [4.69, 9.17) is 37.9 Å². The van der Waals surface area contributed by atoms with E-state index in [1.807, 2.05) is 0 Å². The maximum Gasteiger partial charge on any atom is 0.308 e. The Morgan fingerprint density at radius 2 is 0.811 bits per heavy atom. The maximum absolute atomic E-state index is 11.9. The predicted octanol–water partition coefficient (Wildman–Crippen LogP) is 1.75. The molecule has 0 aromatic rings. The molecule has 1 aliphatic rings. The highest BCUT2D eigenvalue weighted by atomic mass is 16.6. The van der Waals surface area contributed by atoms with Crippen LogP contribution in [-0.4, -0.2) is 103 Å². The lowest BCUT2D eigenvalue weighted by Crippen LogP contribution is -2.19. The molecule has 1 saturated heterocycles. The average Bonchev–Trinajstić information content (AvgIpc) is 2.86. The lowest BCUT2D eigenvalue weighted by atomic mass is 10.3. The molecule has 0 N–H and O–H groups in total. The summed E-state index contributed by atoms with van der Waals surface area (Å²) in [6, 6.07) is 0. The fourth-order valence-corrected chi connectivity index (χ4v) is 2.88. The number of hydrogen-bond acceptors (Lipinski definition) is 12. The smallest absolute Gasteiger partial charge is 0.308 e. The van der Waals surface area contributed by atoms with Crippen LogP contribution in [0.25, 0.3) is 0 Å². The minimum Gasteiger partial charge on any atom is -0.466 e. The van der Waals surface area contributed by atoms with Gasteiger partial charge in [-0.2, -0.15) is 0 Å². The first kappa shape index (κ1) is 32.7. The Morgan fingerprint density at radius 1 is 0.459 bits per heavy atom. The van der Waals surface area contributed by atoms with E-state index in [2.05, 4.69) is 0 Å². The van der Waals surface area contributed by atoms with E-state index in [-0.39, 0.29) is 102 Å². The zero-order valence-electron chi connectivity index (χ0n) is 21.9.